The number of ether oxygens (including phenoxy) is 1. The molecule has 1 aromatic carbocycles. The number of halogens is 1. The molecular weight excluding hydrogens is 256 g/mol. The molecule has 0 N–H and O–H groups in total. The van der Waals surface area contributed by atoms with Gasteiger partial charge in [0.05, 0.1) is 12.7 Å². The van der Waals surface area contributed by atoms with E-state index in [1.165, 1.54) is 44.1 Å². The van der Waals surface area contributed by atoms with Crippen molar-refractivity contribution in [3.8, 4) is 0 Å². The molecule has 2 unspecified atom stereocenters. The molecule has 0 aromatic heterocycles. The summed E-state index contributed by atoms with van der Waals surface area (Å²) in [6.07, 6.45) is 9.53. The Morgan fingerprint density at radius 2 is 1.89 bits per heavy atom. The third-order valence-corrected chi connectivity index (χ3v) is 4.33. The van der Waals surface area contributed by atoms with Crippen LogP contribution in [-0.2, 0) is 4.74 Å². The normalized spacial score (nSPS) is 23.5. The van der Waals surface area contributed by atoms with Gasteiger partial charge < -0.3 is 4.74 Å². The van der Waals surface area contributed by atoms with Crippen molar-refractivity contribution in [2.75, 3.05) is 6.61 Å². The first-order valence-corrected chi connectivity index (χ1v) is 8.04. The van der Waals surface area contributed by atoms with Gasteiger partial charge in [-0.05, 0) is 42.9 Å². The summed E-state index contributed by atoms with van der Waals surface area (Å²) < 4.78 is 6.03. The van der Waals surface area contributed by atoms with Gasteiger partial charge in [-0.3, -0.25) is 0 Å². The Hall–Kier alpha value is -0.530. The van der Waals surface area contributed by atoms with E-state index >= 15 is 0 Å². The first kappa shape index (κ1) is 14.9. The van der Waals surface area contributed by atoms with Crippen LogP contribution in [0.15, 0.2) is 24.3 Å². The van der Waals surface area contributed by atoms with Crippen LogP contribution >= 0.6 is 11.6 Å². The predicted octanol–water partition coefficient (Wildman–Crippen LogP) is 5.78. The fraction of sp³-hybridized carbons (Fsp3) is 0.647. The second-order valence-electron chi connectivity index (χ2n) is 5.67. The summed E-state index contributed by atoms with van der Waals surface area (Å²) in [5, 5.41) is 0.799. The fourth-order valence-electron chi connectivity index (χ4n) is 2.83. The van der Waals surface area contributed by atoms with Crippen molar-refractivity contribution < 1.29 is 4.74 Å². The van der Waals surface area contributed by atoms with Crippen molar-refractivity contribution in [1.29, 1.82) is 0 Å². The van der Waals surface area contributed by atoms with Crippen LogP contribution in [-0.4, -0.2) is 6.61 Å². The van der Waals surface area contributed by atoms with Gasteiger partial charge >= 0.3 is 0 Å². The highest BCUT2D eigenvalue weighted by molar-refractivity contribution is 6.30. The Labute approximate surface area is 122 Å². The van der Waals surface area contributed by atoms with Gasteiger partial charge in [0.15, 0.2) is 0 Å². The van der Waals surface area contributed by atoms with Crippen LogP contribution in [0.5, 0.6) is 0 Å². The lowest BCUT2D eigenvalue weighted by molar-refractivity contribution is -0.0198. The van der Waals surface area contributed by atoms with Gasteiger partial charge in [0.2, 0.25) is 0 Å². The van der Waals surface area contributed by atoms with E-state index in [0.717, 1.165) is 24.0 Å². The third-order valence-electron chi connectivity index (χ3n) is 4.08. The Bertz CT molecular complexity index is 352. The van der Waals surface area contributed by atoms with E-state index in [4.69, 9.17) is 16.3 Å². The van der Waals surface area contributed by atoms with E-state index in [2.05, 4.69) is 19.1 Å². The zero-order valence-corrected chi connectivity index (χ0v) is 12.7. The SMILES string of the molecule is CCCCCCC1CCC(c2ccc(Cl)cc2)OC1. The maximum Gasteiger partial charge on any atom is 0.0825 e. The molecule has 2 rings (SSSR count). The van der Waals surface area contributed by atoms with Gasteiger partial charge in [0, 0.05) is 5.02 Å². The summed E-state index contributed by atoms with van der Waals surface area (Å²) in [6, 6.07) is 8.09. The summed E-state index contributed by atoms with van der Waals surface area (Å²) in [5.41, 5.74) is 1.27. The Balaban J connectivity index is 1.71. The van der Waals surface area contributed by atoms with Crippen LogP contribution in [0.3, 0.4) is 0 Å². The maximum absolute atomic E-state index is 6.03. The number of rotatable bonds is 6. The minimum Gasteiger partial charge on any atom is -0.373 e. The van der Waals surface area contributed by atoms with Gasteiger partial charge in [-0.25, -0.2) is 0 Å². The number of hydrogen-bond donors (Lipinski definition) is 0. The minimum absolute atomic E-state index is 0.282. The summed E-state index contributed by atoms with van der Waals surface area (Å²) >= 11 is 5.92. The van der Waals surface area contributed by atoms with Gasteiger partial charge in [-0.15, -0.1) is 0 Å². The summed E-state index contributed by atoms with van der Waals surface area (Å²) in [5.74, 6) is 0.778. The second kappa shape index (κ2) is 7.91. The van der Waals surface area contributed by atoms with Crippen molar-refractivity contribution in [1.82, 2.24) is 0 Å². The van der Waals surface area contributed by atoms with Gasteiger partial charge in [0.1, 0.15) is 0 Å². The smallest absolute Gasteiger partial charge is 0.0825 e. The van der Waals surface area contributed by atoms with E-state index in [1.807, 2.05) is 12.1 Å². The van der Waals surface area contributed by atoms with Crippen LogP contribution in [0.25, 0.3) is 0 Å². The third kappa shape index (κ3) is 4.81. The average molecular weight is 281 g/mol. The van der Waals surface area contributed by atoms with Crippen LogP contribution in [0.4, 0.5) is 0 Å². The molecular formula is C17H25ClO. The van der Waals surface area contributed by atoms with Crippen LogP contribution in [0, 0.1) is 5.92 Å². The van der Waals surface area contributed by atoms with Gasteiger partial charge in [-0.1, -0.05) is 56.3 Å². The molecule has 0 bridgehead atoms. The Morgan fingerprint density at radius 1 is 1.11 bits per heavy atom. The lowest BCUT2D eigenvalue weighted by Crippen LogP contribution is -2.20. The van der Waals surface area contributed by atoms with E-state index < -0.39 is 0 Å². The lowest BCUT2D eigenvalue weighted by atomic mass is 9.91. The molecule has 1 heterocycles. The molecule has 106 valence electrons. The van der Waals surface area contributed by atoms with Gasteiger partial charge in [0.25, 0.3) is 0 Å². The summed E-state index contributed by atoms with van der Waals surface area (Å²) in [4.78, 5) is 0. The maximum atomic E-state index is 6.03. The van der Waals surface area contributed by atoms with Crippen LogP contribution in [0.1, 0.15) is 63.5 Å². The largest absolute Gasteiger partial charge is 0.373 e. The van der Waals surface area contributed by atoms with Gasteiger partial charge in [-0.2, -0.15) is 0 Å². The van der Waals surface area contributed by atoms with E-state index in [9.17, 15) is 0 Å². The molecule has 1 aliphatic heterocycles. The number of hydrogen-bond acceptors (Lipinski definition) is 1. The first-order chi connectivity index (χ1) is 9.29. The first-order valence-electron chi connectivity index (χ1n) is 7.66. The molecule has 2 heteroatoms. The average Bonchev–Trinajstić information content (AvgIpc) is 2.45. The fourth-order valence-corrected chi connectivity index (χ4v) is 2.96. The second-order valence-corrected chi connectivity index (χ2v) is 6.10. The molecule has 1 aromatic rings. The van der Waals surface area contributed by atoms with E-state index in [0.29, 0.717) is 0 Å². The van der Waals surface area contributed by atoms with Crippen molar-refractivity contribution >= 4 is 11.6 Å². The van der Waals surface area contributed by atoms with Crippen molar-refractivity contribution in [2.24, 2.45) is 5.92 Å². The quantitative estimate of drug-likeness (QED) is 0.600. The monoisotopic (exact) mass is 280 g/mol. The molecule has 2 atom stereocenters. The molecule has 1 nitrogen and oxygen atoms in total. The zero-order chi connectivity index (χ0) is 13.5. The van der Waals surface area contributed by atoms with Crippen molar-refractivity contribution in [3.63, 3.8) is 0 Å². The van der Waals surface area contributed by atoms with Crippen molar-refractivity contribution in [2.45, 2.75) is 58.0 Å². The molecule has 0 amide bonds. The van der Waals surface area contributed by atoms with Crippen LogP contribution < -0.4 is 0 Å². The molecule has 19 heavy (non-hydrogen) atoms. The van der Waals surface area contributed by atoms with Crippen molar-refractivity contribution in [3.05, 3.63) is 34.9 Å². The molecule has 0 radical (unpaired) electrons. The molecule has 0 spiro atoms. The molecule has 1 fully saturated rings. The summed E-state index contributed by atoms with van der Waals surface area (Å²) in [6.45, 7) is 3.19. The standard InChI is InChI=1S/C17H25ClO/c1-2-3-4-5-6-14-7-12-17(19-13-14)15-8-10-16(18)11-9-15/h8-11,14,17H,2-7,12-13H2,1H3. The highest BCUT2D eigenvalue weighted by Crippen LogP contribution is 2.33. The Morgan fingerprint density at radius 3 is 2.53 bits per heavy atom. The number of unbranched alkanes of at least 4 members (excludes halogenated alkanes) is 3. The molecule has 0 aliphatic carbocycles. The molecule has 1 saturated heterocycles. The van der Waals surface area contributed by atoms with E-state index in [-0.39, 0.29) is 6.10 Å². The predicted molar refractivity (Wildman–Crippen MR) is 81.6 cm³/mol. The zero-order valence-electron chi connectivity index (χ0n) is 11.9. The lowest BCUT2D eigenvalue weighted by Gasteiger charge is -2.29. The highest BCUT2D eigenvalue weighted by Gasteiger charge is 2.22. The minimum atomic E-state index is 0.282. The number of benzene rings is 1. The Kier molecular flexibility index (Phi) is 6.19. The molecule has 0 saturated carbocycles. The topological polar surface area (TPSA) is 9.23 Å². The molecule has 1 aliphatic rings. The van der Waals surface area contributed by atoms with Crippen LogP contribution in [0.2, 0.25) is 5.02 Å². The summed E-state index contributed by atoms with van der Waals surface area (Å²) in [7, 11) is 0. The highest BCUT2D eigenvalue weighted by atomic mass is 35.5. The van der Waals surface area contributed by atoms with E-state index in [1.54, 1.807) is 0 Å².